The van der Waals surface area contributed by atoms with Crippen LogP contribution in [0.25, 0.3) is 6.08 Å². The van der Waals surface area contributed by atoms with Crippen LogP contribution in [0.5, 0.6) is 11.5 Å². The molecule has 0 aliphatic heterocycles. The van der Waals surface area contributed by atoms with E-state index in [1.165, 1.54) is 13.2 Å². The highest BCUT2D eigenvalue weighted by Gasteiger charge is 2.10. The number of esters is 1. The van der Waals surface area contributed by atoms with Crippen LogP contribution in [-0.2, 0) is 14.3 Å². The zero-order chi connectivity index (χ0) is 19.8. The minimum atomic E-state index is -0.636. The lowest BCUT2D eigenvalue weighted by Crippen LogP contribution is -2.20. The number of halogens is 1. The van der Waals surface area contributed by atoms with Gasteiger partial charge in [-0.15, -0.1) is 0 Å². The fourth-order valence-electron chi connectivity index (χ4n) is 2.28. The van der Waals surface area contributed by atoms with Gasteiger partial charge in [-0.1, -0.05) is 22.0 Å². The number of hydrogen-bond acceptors (Lipinski definition) is 5. The van der Waals surface area contributed by atoms with Gasteiger partial charge in [0.25, 0.3) is 5.91 Å². The number of benzene rings is 2. The molecule has 0 aliphatic rings. The van der Waals surface area contributed by atoms with Gasteiger partial charge in [0.2, 0.25) is 0 Å². The number of nitrogens with one attached hydrogen (secondary N) is 1. The Bertz CT molecular complexity index is 863. The summed E-state index contributed by atoms with van der Waals surface area (Å²) in [7, 11) is 3.06. The summed E-state index contributed by atoms with van der Waals surface area (Å²) in [5.41, 5.74) is 2.19. The molecule has 2 aromatic rings. The van der Waals surface area contributed by atoms with Gasteiger partial charge in [0.1, 0.15) is 11.5 Å². The molecule has 1 N–H and O–H groups in total. The molecule has 0 spiro atoms. The molecular formula is C20H20BrNO5. The summed E-state index contributed by atoms with van der Waals surface area (Å²) in [6.07, 6.45) is 2.80. The van der Waals surface area contributed by atoms with Crippen molar-refractivity contribution in [2.75, 3.05) is 26.1 Å². The average Bonchev–Trinajstić information content (AvgIpc) is 2.65. The average molecular weight is 434 g/mol. The Morgan fingerprint density at radius 1 is 1.07 bits per heavy atom. The molecule has 27 heavy (non-hydrogen) atoms. The van der Waals surface area contributed by atoms with Crippen LogP contribution in [0.15, 0.2) is 46.9 Å². The van der Waals surface area contributed by atoms with Crippen molar-refractivity contribution in [2.24, 2.45) is 0 Å². The molecule has 0 aliphatic carbocycles. The predicted molar refractivity (Wildman–Crippen MR) is 107 cm³/mol. The maximum absolute atomic E-state index is 12.0. The Balaban J connectivity index is 1.93. The van der Waals surface area contributed by atoms with Gasteiger partial charge < -0.3 is 19.5 Å². The highest BCUT2D eigenvalue weighted by Crippen LogP contribution is 2.25. The van der Waals surface area contributed by atoms with Crippen molar-refractivity contribution < 1.29 is 23.8 Å². The van der Waals surface area contributed by atoms with Crippen molar-refractivity contribution in [2.45, 2.75) is 6.92 Å². The first-order valence-corrected chi connectivity index (χ1v) is 8.85. The normalized spacial score (nSPS) is 10.5. The van der Waals surface area contributed by atoms with Crippen molar-refractivity contribution in [3.8, 4) is 11.5 Å². The minimum absolute atomic E-state index is 0.407. The van der Waals surface area contributed by atoms with Gasteiger partial charge in [-0.25, -0.2) is 4.79 Å². The maximum Gasteiger partial charge on any atom is 0.331 e. The molecule has 0 heterocycles. The van der Waals surface area contributed by atoms with Crippen molar-refractivity contribution >= 4 is 39.6 Å². The molecule has 2 aromatic carbocycles. The number of methoxy groups -OCH3 is 2. The lowest BCUT2D eigenvalue weighted by atomic mass is 10.2. The number of carbonyl (C=O) groups excluding carboxylic acids is 2. The van der Waals surface area contributed by atoms with Crippen LogP contribution in [0, 0.1) is 6.92 Å². The molecule has 2 rings (SSSR count). The van der Waals surface area contributed by atoms with Crippen LogP contribution in [-0.4, -0.2) is 32.7 Å². The number of rotatable bonds is 7. The van der Waals surface area contributed by atoms with E-state index in [1.807, 2.05) is 19.1 Å². The van der Waals surface area contributed by atoms with Gasteiger partial charge in [0.05, 0.1) is 19.9 Å². The van der Waals surface area contributed by atoms with Gasteiger partial charge in [0.15, 0.2) is 6.61 Å². The summed E-state index contributed by atoms with van der Waals surface area (Å²) in [6.45, 7) is 1.49. The highest BCUT2D eigenvalue weighted by atomic mass is 79.9. The van der Waals surface area contributed by atoms with E-state index in [0.29, 0.717) is 22.7 Å². The van der Waals surface area contributed by atoms with Gasteiger partial charge in [-0.3, -0.25) is 4.79 Å². The maximum atomic E-state index is 12.0. The Morgan fingerprint density at radius 3 is 2.48 bits per heavy atom. The number of amides is 1. The van der Waals surface area contributed by atoms with E-state index < -0.39 is 18.5 Å². The first-order valence-electron chi connectivity index (χ1n) is 8.06. The first-order chi connectivity index (χ1) is 12.9. The SMILES string of the molecule is COc1ccc(Br)cc1/C=C/C(=O)OCC(=O)Nc1cc(C)ccc1OC. The smallest absolute Gasteiger partial charge is 0.331 e. The van der Waals surface area contributed by atoms with Gasteiger partial charge in [-0.2, -0.15) is 0 Å². The number of anilines is 1. The second-order valence-corrected chi connectivity index (χ2v) is 6.49. The zero-order valence-corrected chi connectivity index (χ0v) is 16.8. The molecule has 6 nitrogen and oxygen atoms in total. The molecular weight excluding hydrogens is 414 g/mol. The summed E-state index contributed by atoms with van der Waals surface area (Å²) in [6, 6.07) is 10.8. The van der Waals surface area contributed by atoms with E-state index in [0.717, 1.165) is 10.0 Å². The molecule has 0 fully saturated rings. The quantitative estimate of drug-likeness (QED) is 0.528. The molecule has 0 unspecified atom stereocenters. The number of aryl methyl sites for hydroxylation is 1. The molecule has 0 aromatic heterocycles. The fraction of sp³-hybridized carbons (Fsp3) is 0.200. The Hall–Kier alpha value is -2.80. The summed E-state index contributed by atoms with van der Waals surface area (Å²) in [5.74, 6) is 0.0533. The highest BCUT2D eigenvalue weighted by molar-refractivity contribution is 9.10. The van der Waals surface area contributed by atoms with Crippen molar-refractivity contribution in [3.63, 3.8) is 0 Å². The third-order valence-corrected chi connectivity index (χ3v) is 4.06. The molecule has 0 atom stereocenters. The van der Waals surface area contributed by atoms with E-state index in [4.69, 9.17) is 14.2 Å². The first kappa shape index (κ1) is 20.5. The second-order valence-electron chi connectivity index (χ2n) is 5.58. The van der Waals surface area contributed by atoms with E-state index in [-0.39, 0.29) is 0 Å². The van der Waals surface area contributed by atoms with Crippen LogP contribution < -0.4 is 14.8 Å². The Morgan fingerprint density at radius 2 is 1.78 bits per heavy atom. The summed E-state index contributed by atoms with van der Waals surface area (Å²) in [5, 5.41) is 2.67. The van der Waals surface area contributed by atoms with Crippen LogP contribution in [0.3, 0.4) is 0 Å². The van der Waals surface area contributed by atoms with Gasteiger partial charge in [-0.05, 0) is 48.9 Å². The number of ether oxygens (including phenoxy) is 3. The van der Waals surface area contributed by atoms with Crippen molar-refractivity contribution in [3.05, 3.63) is 58.1 Å². The Kier molecular flexibility index (Phi) is 7.43. The lowest BCUT2D eigenvalue weighted by molar-refractivity contribution is -0.142. The van der Waals surface area contributed by atoms with Crippen molar-refractivity contribution in [1.29, 1.82) is 0 Å². The molecule has 0 saturated carbocycles. The van der Waals surface area contributed by atoms with E-state index >= 15 is 0 Å². The summed E-state index contributed by atoms with van der Waals surface area (Å²) >= 11 is 3.36. The van der Waals surface area contributed by atoms with E-state index in [9.17, 15) is 9.59 Å². The standard InChI is InChI=1S/C20H20BrNO5/c1-13-4-7-18(26-3)16(10-13)22-19(23)12-27-20(24)9-5-14-11-15(21)6-8-17(14)25-2/h4-11H,12H2,1-3H3,(H,22,23)/b9-5+. The Labute approximate surface area is 166 Å². The minimum Gasteiger partial charge on any atom is -0.496 e. The molecule has 0 radical (unpaired) electrons. The predicted octanol–water partition coefficient (Wildman–Crippen LogP) is 3.97. The lowest BCUT2D eigenvalue weighted by Gasteiger charge is -2.11. The van der Waals surface area contributed by atoms with Crippen LogP contribution >= 0.6 is 15.9 Å². The van der Waals surface area contributed by atoms with Crippen LogP contribution in [0.4, 0.5) is 5.69 Å². The molecule has 0 saturated heterocycles. The van der Waals surface area contributed by atoms with E-state index in [1.54, 1.807) is 37.5 Å². The van der Waals surface area contributed by atoms with Gasteiger partial charge >= 0.3 is 5.97 Å². The number of hydrogen-bond donors (Lipinski definition) is 1. The molecule has 0 bridgehead atoms. The molecule has 1 amide bonds. The molecule has 142 valence electrons. The summed E-state index contributed by atoms with van der Waals surface area (Å²) < 4.78 is 16.2. The fourth-order valence-corrected chi connectivity index (χ4v) is 2.66. The van der Waals surface area contributed by atoms with Crippen molar-refractivity contribution in [1.82, 2.24) is 0 Å². The molecule has 7 heteroatoms. The third-order valence-electron chi connectivity index (χ3n) is 3.57. The van der Waals surface area contributed by atoms with Gasteiger partial charge in [0, 0.05) is 16.1 Å². The zero-order valence-electron chi connectivity index (χ0n) is 15.2. The number of carbonyl (C=O) groups is 2. The third kappa shape index (κ3) is 6.14. The van der Waals surface area contributed by atoms with E-state index in [2.05, 4.69) is 21.2 Å². The summed E-state index contributed by atoms with van der Waals surface area (Å²) in [4.78, 5) is 23.9. The largest absolute Gasteiger partial charge is 0.496 e. The van der Waals surface area contributed by atoms with Crippen LogP contribution in [0.1, 0.15) is 11.1 Å². The second kappa shape index (κ2) is 9.78. The topological polar surface area (TPSA) is 73.9 Å². The monoisotopic (exact) mass is 433 g/mol. The van der Waals surface area contributed by atoms with Crippen LogP contribution in [0.2, 0.25) is 0 Å².